The Kier molecular flexibility index (Phi) is 5.01. The van der Waals surface area contributed by atoms with E-state index in [1.54, 1.807) is 29.6 Å². The normalized spacial score (nSPS) is 17.1. The highest BCUT2D eigenvalue weighted by Crippen LogP contribution is 2.44. The summed E-state index contributed by atoms with van der Waals surface area (Å²) in [6.07, 6.45) is 4.70. The monoisotopic (exact) mass is 437 g/mol. The molecule has 1 aliphatic rings. The van der Waals surface area contributed by atoms with Crippen LogP contribution in [0.2, 0.25) is 0 Å². The van der Waals surface area contributed by atoms with Gasteiger partial charge in [-0.25, -0.2) is 19.7 Å². The number of pyridine rings is 1. The molecule has 0 radical (unpaired) electrons. The summed E-state index contributed by atoms with van der Waals surface area (Å²) < 4.78 is 5.72. The average molecular weight is 438 g/mol. The van der Waals surface area contributed by atoms with Gasteiger partial charge in [-0.1, -0.05) is 42.5 Å². The second-order valence-electron chi connectivity index (χ2n) is 8.43. The molecule has 164 valence electrons. The van der Waals surface area contributed by atoms with Crippen LogP contribution >= 0.6 is 0 Å². The molecule has 33 heavy (non-hydrogen) atoms. The van der Waals surface area contributed by atoms with Gasteiger partial charge in [0.15, 0.2) is 5.82 Å². The Hall–Kier alpha value is -4.26. The highest BCUT2D eigenvalue weighted by atomic mass is 16.6. The van der Waals surface area contributed by atoms with E-state index in [2.05, 4.69) is 15.0 Å². The van der Waals surface area contributed by atoms with Gasteiger partial charge in [-0.05, 0) is 49.2 Å². The maximum atomic E-state index is 12.8. The lowest BCUT2D eigenvalue weighted by Gasteiger charge is -2.29. The second kappa shape index (κ2) is 8.02. The Labute approximate surface area is 191 Å². The van der Waals surface area contributed by atoms with E-state index in [9.17, 15) is 4.79 Å². The predicted molar refractivity (Wildman–Crippen MR) is 127 cm³/mol. The first-order chi connectivity index (χ1) is 15.9. The molecule has 3 heterocycles. The fourth-order valence-electron chi connectivity index (χ4n) is 4.25. The van der Waals surface area contributed by atoms with Gasteiger partial charge >= 0.3 is 6.09 Å². The van der Waals surface area contributed by atoms with E-state index in [4.69, 9.17) is 10.5 Å². The highest BCUT2D eigenvalue weighted by Gasteiger charge is 2.49. The van der Waals surface area contributed by atoms with E-state index in [0.717, 1.165) is 22.4 Å². The molecule has 2 aromatic carbocycles. The summed E-state index contributed by atoms with van der Waals surface area (Å²) in [5.74, 6) is 0.892. The van der Waals surface area contributed by atoms with Crippen molar-refractivity contribution < 1.29 is 9.53 Å². The van der Waals surface area contributed by atoms with Crippen molar-refractivity contribution in [2.24, 2.45) is 0 Å². The number of aromatic nitrogens is 3. The van der Waals surface area contributed by atoms with E-state index < -0.39 is 5.60 Å². The SMILES string of the molecule is CC1(C)OC(=O)N(c2ccc(-c3cnc(N)c(-c4ncccn4)c3)cc2)[C@H]1c1ccccc1. The van der Waals surface area contributed by atoms with E-state index in [1.165, 1.54) is 0 Å². The molecular weight excluding hydrogens is 414 g/mol. The average Bonchev–Trinajstić information content (AvgIpc) is 3.08. The largest absolute Gasteiger partial charge is 0.441 e. The number of anilines is 2. The third-order valence-electron chi connectivity index (χ3n) is 5.78. The van der Waals surface area contributed by atoms with Crippen molar-refractivity contribution in [1.29, 1.82) is 0 Å². The van der Waals surface area contributed by atoms with Crippen molar-refractivity contribution in [3.05, 3.63) is 90.9 Å². The lowest BCUT2D eigenvalue weighted by molar-refractivity contribution is 0.0685. The first kappa shape index (κ1) is 20.6. The molecule has 7 heteroatoms. The summed E-state index contributed by atoms with van der Waals surface area (Å²) in [5.41, 5.74) is 9.67. The van der Waals surface area contributed by atoms with Gasteiger partial charge in [-0.2, -0.15) is 0 Å². The van der Waals surface area contributed by atoms with Crippen molar-refractivity contribution in [3.63, 3.8) is 0 Å². The number of hydrogen-bond donors (Lipinski definition) is 1. The number of carbonyl (C=O) groups excluding carboxylic acids is 1. The zero-order valence-corrected chi connectivity index (χ0v) is 18.3. The minimum atomic E-state index is -0.664. The first-order valence-electron chi connectivity index (χ1n) is 10.6. The summed E-state index contributed by atoms with van der Waals surface area (Å²) in [6.45, 7) is 3.87. The van der Waals surface area contributed by atoms with Crippen molar-refractivity contribution in [2.75, 3.05) is 10.6 Å². The number of nitrogens with zero attached hydrogens (tertiary/aromatic N) is 4. The number of rotatable bonds is 4. The van der Waals surface area contributed by atoms with Gasteiger partial charge in [0.1, 0.15) is 17.5 Å². The summed E-state index contributed by atoms with van der Waals surface area (Å²) in [6, 6.07) is 21.1. The van der Waals surface area contributed by atoms with Crippen molar-refractivity contribution >= 4 is 17.6 Å². The summed E-state index contributed by atoms with van der Waals surface area (Å²) >= 11 is 0. The van der Waals surface area contributed by atoms with Gasteiger partial charge in [-0.3, -0.25) is 4.90 Å². The molecule has 4 aromatic rings. The number of amides is 1. The van der Waals surface area contributed by atoms with Crippen LogP contribution in [0.3, 0.4) is 0 Å². The van der Waals surface area contributed by atoms with Gasteiger partial charge in [0.05, 0.1) is 5.56 Å². The Balaban J connectivity index is 1.49. The topological polar surface area (TPSA) is 94.2 Å². The van der Waals surface area contributed by atoms with Crippen LogP contribution in [-0.2, 0) is 4.74 Å². The van der Waals surface area contributed by atoms with Crippen molar-refractivity contribution in [1.82, 2.24) is 15.0 Å². The molecule has 1 fully saturated rings. The molecule has 0 saturated carbocycles. The number of hydrogen-bond acceptors (Lipinski definition) is 6. The van der Waals surface area contributed by atoms with E-state index >= 15 is 0 Å². The molecule has 0 aliphatic carbocycles. The molecule has 0 spiro atoms. The number of nitrogen functional groups attached to an aromatic ring is 1. The molecule has 2 N–H and O–H groups in total. The summed E-state index contributed by atoms with van der Waals surface area (Å²) in [7, 11) is 0. The van der Waals surface area contributed by atoms with Crippen LogP contribution in [0.25, 0.3) is 22.5 Å². The number of carbonyl (C=O) groups is 1. The zero-order chi connectivity index (χ0) is 23.0. The molecule has 0 bridgehead atoms. The van der Waals surface area contributed by atoms with Gasteiger partial charge in [-0.15, -0.1) is 0 Å². The maximum absolute atomic E-state index is 12.8. The highest BCUT2D eigenvalue weighted by molar-refractivity contribution is 5.92. The molecule has 1 aliphatic heterocycles. The third-order valence-corrected chi connectivity index (χ3v) is 5.78. The van der Waals surface area contributed by atoms with Crippen LogP contribution in [-0.4, -0.2) is 26.6 Å². The number of nitrogens with two attached hydrogens (primary N) is 1. The van der Waals surface area contributed by atoms with E-state index in [1.807, 2.05) is 74.5 Å². The minimum Gasteiger partial charge on any atom is -0.441 e. The molecule has 1 saturated heterocycles. The van der Waals surface area contributed by atoms with Gasteiger partial charge in [0, 0.05) is 29.8 Å². The number of cyclic esters (lactones) is 1. The molecule has 1 amide bonds. The maximum Gasteiger partial charge on any atom is 0.415 e. The van der Waals surface area contributed by atoms with E-state index in [-0.39, 0.29) is 12.1 Å². The minimum absolute atomic E-state index is 0.239. The van der Waals surface area contributed by atoms with Crippen LogP contribution in [0.15, 0.2) is 85.3 Å². The Bertz CT molecular complexity index is 1290. The quantitative estimate of drug-likeness (QED) is 0.468. The van der Waals surface area contributed by atoms with Crippen molar-refractivity contribution in [2.45, 2.75) is 25.5 Å². The predicted octanol–water partition coefficient (Wildman–Crippen LogP) is 5.26. The second-order valence-corrected chi connectivity index (χ2v) is 8.43. The Morgan fingerprint density at radius 3 is 2.30 bits per heavy atom. The smallest absolute Gasteiger partial charge is 0.415 e. The fourth-order valence-corrected chi connectivity index (χ4v) is 4.25. The number of benzene rings is 2. The van der Waals surface area contributed by atoms with Crippen molar-refractivity contribution in [3.8, 4) is 22.5 Å². The number of ether oxygens (including phenoxy) is 1. The first-order valence-corrected chi connectivity index (χ1v) is 10.6. The van der Waals surface area contributed by atoms with Crippen LogP contribution in [0.1, 0.15) is 25.5 Å². The zero-order valence-electron chi connectivity index (χ0n) is 18.3. The molecule has 0 unspecified atom stereocenters. The van der Waals surface area contributed by atoms with Crippen LogP contribution in [0, 0.1) is 0 Å². The fraction of sp³-hybridized carbons (Fsp3) is 0.154. The summed E-state index contributed by atoms with van der Waals surface area (Å²) in [4.78, 5) is 27.4. The lowest BCUT2D eigenvalue weighted by atomic mass is 9.91. The van der Waals surface area contributed by atoms with Gasteiger partial charge in [0.25, 0.3) is 0 Å². The molecule has 2 aromatic heterocycles. The lowest BCUT2D eigenvalue weighted by Crippen LogP contribution is -2.33. The van der Waals surface area contributed by atoms with E-state index in [0.29, 0.717) is 17.2 Å². The summed E-state index contributed by atoms with van der Waals surface area (Å²) in [5, 5.41) is 0. The molecule has 5 rings (SSSR count). The van der Waals surface area contributed by atoms with Crippen LogP contribution in [0.4, 0.5) is 16.3 Å². The van der Waals surface area contributed by atoms with Gasteiger partial charge < -0.3 is 10.5 Å². The standard InChI is InChI=1S/C26H23N5O2/c1-26(2)22(18-7-4-3-5-8-18)31(25(32)33-26)20-11-9-17(10-12-20)19-15-21(23(27)30-16-19)24-28-13-6-14-29-24/h3-16,22H,1-2H3,(H2,27,30)/t22-/m0/s1. The molecular formula is C26H23N5O2. The van der Waals surface area contributed by atoms with Crippen LogP contribution < -0.4 is 10.6 Å². The molecule has 1 atom stereocenters. The third kappa shape index (κ3) is 3.78. The van der Waals surface area contributed by atoms with Crippen LogP contribution in [0.5, 0.6) is 0 Å². The Morgan fingerprint density at radius 1 is 0.909 bits per heavy atom. The Morgan fingerprint density at radius 2 is 1.61 bits per heavy atom. The van der Waals surface area contributed by atoms with Gasteiger partial charge in [0.2, 0.25) is 0 Å². The molecule has 7 nitrogen and oxygen atoms in total.